The first kappa shape index (κ1) is 26.1. The maximum atomic E-state index is 6.37. The minimum absolute atomic E-state index is 0.406. The van der Waals surface area contributed by atoms with E-state index in [1.54, 1.807) is 0 Å². The van der Waals surface area contributed by atoms with E-state index in [2.05, 4.69) is 137 Å². The molecule has 43 heavy (non-hydrogen) atoms. The minimum Gasteiger partial charge on any atom is -0.399 e. The molecule has 2 aromatic heterocycles. The van der Waals surface area contributed by atoms with Crippen molar-refractivity contribution in [1.82, 2.24) is 9.97 Å². The van der Waals surface area contributed by atoms with Crippen LogP contribution < -0.4 is 5.46 Å². The van der Waals surface area contributed by atoms with Gasteiger partial charge in [-0.25, -0.2) is 9.97 Å². The van der Waals surface area contributed by atoms with Crippen LogP contribution in [0.25, 0.3) is 65.9 Å². The monoisotopic (exact) mass is 558 g/mol. The molecule has 8 rings (SSSR count). The molecule has 7 aromatic rings. The fourth-order valence-corrected chi connectivity index (χ4v) is 6.17. The maximum Gasteiger partial charge on any atom is 0.494 e. The van der Waals surface area contributed by atoms with Gasteiger partial charge < -0.3 is 9.31 Å². The molecule has 0 saturated carbocycles. The summed E-state index contributed by atoms with van der Waals surface area (Å²) < 4.78 is 12.7. The second-order valence-electron chi connectivity index (χ2n) is 12.5. The average molecular weight is 558 g/mol. The van der Waals surface area contributed by atoms with E-state index in [9.17, 15) is 0 Å². The quantitative estimate of drug-likeness (QED) is 0.161. The number of benzene rings is 5. The Kier molecular flexibility index (Phi) is 5.74. The number of hydrogen-bond acceptors (Lipinski definition) is 4. The lowest BCUT2D eigenvalue weighted by molar-refractivity contribution is 0.00578. The van der Waals surface area contributed by atoms with Crippen LogP contribution in [0, 0.1) is 0 Å². The largest absolute Gasteiger partial charge is 0.494 e. The number of rotatable bonds is 3. The molecule has 0 aliphatic carbocycles. The van der Waals surface area contributed by atoms with Crippen LogP contribution in [0.2, 0.25) is 0 Å². The Bertz CT molecular complexity index is 2190. The van der Waals surface area contributed by atoms with Crippen molar-refractivity contribution in [2.45, 2.75) is 38.9 Å². The Labute approximate surface area is 251 Å². The summed E-state index contributed by atoms with van der Waals surface area (Å²) in [5.41, 5.74) is 6.10. The van der Waals surface area contributed by atoms with Gasteiger partial charge in [0, 0.05) is 27.3 Å². The van der Waals surface area contributed by atoms with Crippen LogP contribution in [0.4, 0.5) is 0 Å². The molecule has 0 spiro atoms. The molecular weight excluding hydrogens is 527 g/mol. The number of aromatic nitrogens is 2. The van der Waals surface area contributed by atoms with Crippen molar-refractivity contribution in [3.8, 4) is 22.5 Å². The lowest BCUT2D eigenvalue weighted by Crippen LogP contribution is -2.41. The van der Waals surface area contributed by atoms with Crippen molar-refractivity contribution >= 4 is 55.9 Å². The highest BCUT2D eigenvalue weighted by molar-refractivity contribution is 6.62. The van der Waals surface area contributed by atoms with Crippen LogP contribution in [-0.4, -0.2) is 28.3 Å². The molecule has 0 atom stereocenters. The van der Waals surface area contributed by atoms with Crippen molar-refractivity contribution in [3.05, 3.63) is 115 Å². The highest BCUT2D eigenvalue weighted by atomic mass is 16.7. The Morgan fingerprint density at radius 3 is 2.02 bits per heavy atom. The summed E-state index contributed by atoms with van der Waals surface area (Å²) in [5.74, 6) is 0. The second kappa shape index (κ2) is 9.47. The van der Waals surface area contributed by atoms with E-state index in [-0.39, 0.29) is 0 Å². The minimum atomic E-state index is -0.443. The van der Waals surface area contributed by atoms with Crippen LogP contribution in [0.5, 0.6) is 0 Å². The lowest BCUT2D eigenvalue weighted by Gasteiger charge is -2.32. The van der Waals surface area contributed by atoms with Crippen molar-refractivity contribution in [2.24, 2.45) is 0 Å². The number of hydrogen-bond donors (Lipinski definition) is 0. The van der Waals surface area contributed by atoms with Crippen LogP contribution in [0.1, 0.15) is 27.7 Å². The smallest absolute Gasteiger partial charge is 0.399 e. The Balaban J connectivity index is 1.32. The van der Waals surface area contributed by atoms with E-state index >= 15 is 0 Å². The van der Waals surface area contributed by atoms with Gasteiger partial charge in [0.05, 0.1) is 33.6 Å². The number of nitrogens with zero attached hydrogens (tertiary/aromatic N) is 2. The zero-order valence-corrected chi connectivity index (χ0v) is 24.8. The molecule has 0 unspecified atom stereocenters. The van der Waals surface area contributed by atoms with Crippen LogP contribution in [0.15, 0.2) is 115 Å². The standard InChI is InChI=1S/C38H31BN2O2/c1-37(2)38(3,4)43-39(42-37)28-16-17-29-30-18-21-33-31(35(30)36(41-34(29)23-28)25-11-6-5-7-12-25)19-20-32(40-33)27-15-14-24-10-8-9-13-26(24)22-27/h5-23H,1-4H3. The molecule has 1 fully saturated rings. The van der Waals surface area contributed by atoms with Crippen LogP contribution in [-0.2, 0) is 9.31 Å². The van der Waals surface area contributed by atoms with Gasteiger partial charge in [-0.15, -0.1) is 0 Å². The van der Waals surface area contributed by atoms with E-state index in [0.717, 1.165) is 60.6 Å². The molecule has 0 N–H and O–H groups in total. The topological polar surface area (TPSA) is 44.2 Å². The van der Waals surface area contributed by atoms with Gasteiger partial charge in [0.15, 0.2) is 0 Å². The van der Waals surface area contributed by atoms with E-state index < -0.39 is 18.3 Å². The Morgan fingerprint density at radius 1 is 0.535 bits per heavy atom. The van der Waals surface area contributed by atoms with Crippen LogP contribution in [0.3, 0.4) is 0 Å². The molecule has 0 bridgehead atoms. The predicted octanol–water partition coefficient (Wildman–Crippen LogP) is 8.72. The Morgan fingerprint density at radius 2 is 1.23 bits per heavy atom. The van der Waals surface area contributed by atoms with Gasteiger partial charge >= 0.3 is 7.12 Å². The zero-order chi connectivity index (χ0) is 29.3. The molecule has 1 aliphatic rings. The molecule has 3 heterocycles. The molecule has 1 saturated heterocycles. The van der Waals surface area contributed by atoms with Crippen molar-refractivity contribution in [2.75, 3.05) is 0 Å². The number of fused-ring (bicyclic) bond motifs is 6. The third kappa shape index (κ3) is 4.23. The highest BCUT2D eigenvalue weighted by Gasteiger charge is 2.51. The molecule has 5 aromatic carbocycles. The molecule has 0 amide bonds. The van der Waals surface area contributed by atoms with Gasteiger partial charge in [0.2, 0.25) is 0 Å². The average Bonchev–Trinajstić information content (AvgIpc) is 3.26. The fourth-order valence-electron chi connectivity index (χ4n) is 6.17. The molecule has 208 valence electrons. The van der Waals surface area contributed by atoms with Crippen molar-refractivity contribution < 1.29 is 9.31 Å². The SMILES string of the molecule is CC1(C)OB(c2ccc3c(c2)nc(-c2ccccc2)c2c4ccc(-c5ccc6ccccc6c5)nc4ccc32)OC1(C)C. The second-order valence-corrected chi connectivity index (χ2v) is 12.5. The molecule has 5 heteroatoms. The van der Waals surface area contributed by atoms with Gasteiger partial charge in [0.1, 0.15) is 0 Å². The summed E-state index contributed by atoms with van der Waals surface area (Å²) in [6.45, 7) is 8.32. The third-order valence-corrected chi connectivity index (χ3v) is 9.27. The van der Waals surface area contributed by atoms with E-state index in [4.69, 9.17) is 19.3 Å². The van der Waals surface area contributed by atoms with Gasteiger partial charge in [-0.2, -0.15) is 0 Å². The predicted molar refractivity (Wildman–Crippen MR) is 179 cm³/mol. The fraction of sp³-hybridized carbons (Fsp3) is 0.158. The third-order valence-electron chi connectivity index (χ3n) is 9.27. The van der Waals surface area contributed by atoms with Gasteiger partial charge in [-0.05, 0) is 79.6 Å². The first-order chi connectivity index (χ1) is 20.8. The summed E-state index contributed by atoms with van der Waals surface area (Å²) in [5, 5.41) is 6.88. The normalized spacial score (nSPS) is 16.0. The van der Waals surface area contributed by atoms with E-state index in [0.29, 0.717) is 0 Å². The molecule has 0 radical (unpaired) electrons. The number of pyridine rings is 2. The van der Waals surface area contributed by atoms with E-state index in [1.165, 1.54) is 10.8 Å². The van der Waals surface area contributed by atoms with Gasteiger partial charge in [-0.1, -0.05) is 84.9 Å². The Hall–Kier alpha value is -4.58. The zero-order valence-electron chi connectivity index (χ0n) is 24.8. The summed E-state index contributed by atoms with van der Waals surface area (Å²) in [6, 6.07) is 40.4. The lowest BCUT2D eigenvalue weighted by atomic mass is 9.78. The van der Waals surface area contributed by atoms with Crippen molar-refractivity contribution in [1.29, 1.82) is 0 Å². The van der Waals surface area contributed by atoms with Crippen molar-refractivity contribution in [3.63, 3.8) is 0 Å². The van der Waals surface area contributed by atoms with Gasteiger partial charge in [0.25, 0.3) is 0 Å². The maximum absolute atomic E-state index is 6.37. The van der Waals surface area contributed by atoms with Crippen LogP contribution >= 0.6 is 0 Å². The summed E-state index contributed by atoms with van der Waals surface area (Å²) in [4.78, 5) is 10.5. The molecular formula is C38H31BN2O2. The highest BCUT2D eigenvalue weighted by Crippen LogP contribution is 2.39. The summed E-state index contributed by atoms with van der Waals surface area (Å²) >= 11 is 0. The first-order valence-corrected chi connectivity index (χ1v) is 14.8. The molecule has 4 nitrogen and oxygen atoms in total. The van der Waals surface area contributed by atoms with E-state index in [1.807, 2.05) is 6.07 Å². The first-order valence-electron chi connectivity index (χ1n) is 14.8. The van der Waals surface area contributed by atoms with Gasteiger partial charge in [-0.3, -0.25) is 0 Å². The summed E-state index contributed by atoms with van der Waals surface area (Å²) in [6.07, 6.45) is 0. The summed E-state index contributed by atoms with van der Waals surface area (Å²) in [7, 11) is -0.443. The molecule has 1 aliphatic heterocycles.